The van der Waals surface area contributed by atoms with E-state index >= 15 is 0 Å². The molecule has 0 saturated carbocycles. The van der Waals surface area contributed by atoms with E-state index in [1.54, 1.807) is 0 Å². The first-order valence-corrected chi connectivity index (χ1v) is 10.5. The smallest absolute Gasteiger partial charge is 0.335 e. The highest BCUT2D eigenvalue weighted by Crippen LogP contribution is 2.21. The number of rotatable bonds is 18. The van der Waals surface area contributed by atoms with Crippen molar-refractivity contribution in [1.82, 2.24) is 0 Å². The Morgan fingerprint density at radius 1 is 0.708 bits per heavy atom. The van der Waals surface area contributed by atoms with Gasteiger partial charge in [0.1, 0.15) is 0 Å². The maximum absolute atomic E-state index is 11.3. The van der Waals surface area contributed by atoms with Gasteiger partial charge in [0, 0.05) is 6.61 Å². The molecular weight excluding hydrogens is 300 g/mol. The van der Waals surface area contributed by atoms with Crippen LogP contribution >= 0.6 is 0 Å². The van der Waals surface area contributed by atoms with Crippen molar-refractivity contribution in [3.63, 3.8) is 0 Å². The Morgan fingerprint density at radius 3 is 1.42 bits per heavy atom. The van der Waals surface area contributed by atoms with Crippen LogP contribution in [-0.4, -0.2) is 23.3 Å². The molecule has 24 heavy (non-hydrogen) atoms. The Kier molecular flexibility index (Phi) is 15.6. The van der Waals surface area contributed by atoms with Crippen LogP contribution in [0.2, 0.25) is 0 Å². The highest BCUT2D eigenvalue weighted by atomic mass is 16.5. The van der Waals surface area contributed by atoms with Gasteiger partial charge in [-0.15, -0.1) is 0 Å². The largest absolute Gasteiger partial charge is 0.479 e. The van der Waals surface area contributed by atoms with Gasteiger partial charge in [0.05, 0.1) is 0 Å². The Morgan fingerprint density at radius 2 is 1.08 bits per heavy atom. The molecule has 0 aliphatic heterocycles. The van der Waals surface area contributed by atoms with Crippen molar-refractivity contribution >= 4 is 5.97 Å². The number of carbonyl (C=O) groups is 1. The molecule has 0 aliphatic carbocycles. The second-order valence-corrected chi connectivity index (χ2v) is 7.10. The third-order valence-electron chi connectivity index (χ3n) is 5.16. The fraction of sp³-hybridized carbons (Fsp3) is 0.952. The van der Waals surface area contributed by atoms with Crippen LogP contribution in [0.1, 0.15) is 117 Å². The van der Waals surface area contributed by atoms with Crippen LogP contribution in [0.25, 0.3) is 0 Å². The van der Waals surface area contributed by atoms with Crippen LogP contribution in [0.3, 0.4) is 0 Å². The minimum Gasteiger partial charge on any atom is -0.479 e. The van der Waals surface area contributed by atoms with Gasteiger partial charge in [-0.2, -0.15) is 0 Å². The van der Waals surface area contributed by atoms with E-state index < -0.39 is 11.6 Å². The van der Waals surface area contributed by atoms with Crippen molar-refractivity contribution < 1.29 is 14.6 Å². The fourth-order valence-electron chi connectivity index (χ4n) is 3.21. The molecule has 0 rings (SSSR count). The molecule has 0 radical (unpaired) electrons. The zero-order chi connectivity index (χ0) is 18.1. The number of hydrogen-bond donors (Lipinski definition) is 1. The molecule has 3 nitrogen and oxygen atoms in total. The maximum Gasteiger partial charge on any atom is 0.335 e. The number of carboxylic acid groups (broad SMARTS) is 1. The predicted octanol–water partition coefficient (Wildman–Crippen LogP) is 6.74. The van der Waals surface area contributed by atoms with Gasteiger partial charge < -0.3 is 9.84 Å². The summed E-state index contributed by atoms with van der Waals surface area (Å²) < 4.78 is 5.69. The van der Waals surface area contributed by atoms with Crippen LogP contribution < -0.4 is 0 Å². The Bertz CT molecular complexity index is 285. The summed E-state index contributed by atoms with van der Waals surface area (Å²) in [4.78, 5) is 11.3. The summed E-state index contributed by atoms with van der Waals surface area (Å²) in [5.41, 5.74) is -0.961. The van der Waals surface area contributed by atoms with Crippen LogP contribution in [0.4, 0.5) is 0 Å². The molecule has 0 heterocycles. The zero-order valence-electron chi connectivity index (χ0n) is 16.6. The Labute approximate surface area is 150 Å². The number of hydrogen-bond acceptors (Lipinski definition) is 2. The Balaban J connectivity index is 3.38. The van der Waals surface area contributed by atoms with Crippen LogP contribution in [0, 0.1) is 0 Å². The first-order valence-electron chi connectivity index (χ1n) is 10.5. The summed E-state index contributed by atoms with van der Waals surface area (Å²) in [6.45, 7) is 6.62. The lowest BCUT2D eigenvalue weighted by molar-refractivity contribution is -0.167. The minimum atomic E-state index is -0.961. The first kappa shape index (κ1) is 23.4. The third kappa shape index (κ3) is 11.1. The summed E-state index contributed by atoms with van der Waals surface area (Å²) in [6, 6.07) is 0. The van der Waals surface area contributed by atoms with Crippen LogP contribution in [0.5, 0.6) is 0 Å². The lowest BCUT2D eigenvalue weighted by atomic mass is 9.97. The Hall–Kier alpha value is -0.570. The van der Waals surface area contributed by atoms with Gasteiger partial charge in [0.15, 0.2) is 5.60 Å². The molecule has 1 N–H and O–H groups in total. The van der Waals surface area contributed by atoms with Crippen molar-refractivity contribution in [3.05, 3.63) is 0 Å². The van der Waals surface area contributed by atoms with Gasteiger partial charge in [-0.3, -0.25) is 0 Å². The van der Waals surface area contributed by atoms with Gasteiger partial charge in [0.25, 0.3) is 0 Å². The molecule has 3 heteroatoms. The normalized spacial score (nSPS) is 11.8. The van der Waals surface area contributed by atoms with Gasteiger partial charge in [-0.1, -0.05) is 97.8 Å². The van der Waals surface area contributed by atoms with E-state index in [1.807, 2.05) is 13.8 Å². The average molecular weight is 343 g/mol. The summed E-state index contributed by atoms with van der Waals surface area (Å²) >= 11 is 0. The maximum atomic E-state index is 11.3. The van der Waals surface area contributed by atoms with Gasteiger partial charge in [-0.25, -0.2) is 4.79 Å². The molecule has 0 bridgehead atoms. The lowest BCUT2D eigenvalue weighted by Gasteiger charge is -2.27. The topological polar surface area (TPSA) is 46.5 Å². The molecule has 0 saturated heterocycles. The molecule has 0 fully saturated rings. The van der Waals surface area contributed by atoms with E-state index in [-0.39, 0.29) is 0 Å². The van der Waals surface area contributed by atoms with Crippen molar-refractivity contribution in [1.29, 1.82) is 0 Å². The average Bonchev–Trinajstić information content (AvgIpc) is 2.58. The second-order valence-electron chi connectivity index (χ2n) is 7.10. The van der Waals surface area contributed by atoms with E-state index in [9.17, 15) is 9.90 Å². The first-order chi connectivity index (χ1) is 11.6. The predicted molar refractivity (Wildman–Crippen MR) is 103 cm³/mol. The number of carboxylic acids is 1. The van der Waals surface area contributed by atoms with E-state index in [4.69, 9.17) is 4.74 Å². The summed E-state index contributed by atoms with van der Waals surface area (Å²) in [7, 11) is 0. The quantitative estimate of drug-likeness (QED) is 0.281. The fourth-order valence-corrected chi connectivity index (χ4v) is 3.21. The summed E-state index contributed by atoms with van der Waals surface area (Å²) in [5, 5.41) is 9.30. The molecule has 0 atom stereocenters. The van der Waals surface area contributed by atoms with Crippen molar-refractivity contribution in [2.75, 3.05) is 6.61 Å². The molecule has 144 valence electrons. The number of aliphatic carboxylic acids is 1. The second kappa shape index (κ2) is 15.9. The number of ether oxygens (including phenoxy) is 1. The lowest BCUT2D eigenvalue weighted by Crippen LogP contribution is -2.40. The van der Waals surface area contributed by atoms with Crippen molar-refractivity contribution in [2.24, 2.45) is 0 Å². The van der Waals surface area contributed by atoms with E-state index in [2.05, 4.69) is 6.92 Å². The van der Waals surface area contributed by atoms with Gasteiger partial charge >= 0.3 is 5.97 Å². The van der Waals surface area contributed by atoms with Gasteiger partial charge in [0.2, 0.25) is 0 Å². The molecular formula is C21H42O3. The SMILES string of the molecule is CCCCCCCCCCCCCCCOC(CC)(CC)C(=O)O. The van der Waals surface area contributed by atoms with E-state index in [1.165, 1.54) is 70.6 Å². The third-order valence-corrected chi connectivity index (χ3v) is 5.16. The molecule has 0 unspecified atom stereocenters. The molecule has 0 spiro atoms. The summed E-state index contributed by atoms with van der Waals surface area (Å²) in [6.07, 6.45) is 18.3. The van der Waals surface area contributed by atoms with E-state index in [0.29, 0.717) is 19.4 Å². The van der Waals surface area contributed by atoms with E-state index in [0.717, 1.165) is 12.8 Å². The highest BCUT2D eigenvalue weighted by Gasteiger charge is 2.35. The number of unbranched alkanes of at least 4 members (excludes halogenated alkanes) is 12. The molecule has 0 aromatic carbocycles. The standard InChI is InChI=1S/C21H42O3/c1-4-7-8-9-10-11-12-13-14-15-16-17-18-19-24-21(5-2,6-3)20(22)23/h4-19H2,1-3H3,(H,22,23). The highest BCUT2D eigenvalue weighted by molar-refractivity contribution is 5.77. The van der Waals surface area contributed by atoms with Gasteiger partial charge in [-0.05, 0) is 19.3 Å². The molecule has 0 aliphatic rings. The molecule has 0 aromatic heterocycles. The zero-order valence-corrected chi connectivity index (χ0v) is 16.6. The molecule has 0 aromatic rings. The molecule has 0 amide bonds. The van der Waals surface area contributed by atoms with Crippen molar-refractivity contribution in [3.8, 4) is 0 Å². The minimum absolute atomic E-state index is 0.539. The van der Waals surface area contributed by atoms with Crippen LogP contribution in [0.15, 0.2) is 0 Å². The monoisotopic (exact) mass is 342 g/mol. The summed E-state index contributed by atoms with van der Waals surface area (Å²) in [5.74, 6) is -0.817. The van der Waals surface area contributed by atoms with Crippen molar-refractivity contribution in [2.45, 2.75) is 123 Å². The van der Waals surface area contributed by atoms with Crippen LogP contribution in [-0.2, 0) is 9.53 Å².